The number of hydrogen-bond donors (Lipinski definition) is 2. The fourth-order valence-corrected chi connectivity index (χ4v) is 1.80. The number of nitrogens with two attached hydrogens (primary N) is 1. The molecule has 0 unspecified atom stereocenters. The Hall–Kier alpha value is -1.44. The minimum Gasteiger partial charge on any atom is -0.390 e. The molecule has 6 heteroatoms. The molecule has 2 aromatic heterocycles. The maximum Gasteiger partial charge on any atom is 0.249 e. The van der Waals surface area contributed by atoms with Crippen molar-refractivity contribution in [1.82, 2.24) is 9.97 Å². The third-order valence-corrected chi connectivity index (χ3v) is 2.63. The molecular formula is C9H7IN4O. The van der Waals surface area contributed by atoms with E-state index >= 15 is 0 Å². The maximum absolute atomic E-state index is 11.1. The van der Waals surface area contributed by atoms with E-state index in [0.717, 1.165) is 8.96 Å². The normalized spacial score (nSPS) is 11.3. The summed E-state index contributed by atoms with van der Waals surface area (Å²) in [4.78, 5) is 21.8. The summed E-state index contributed by atoms with van der Waals surface area (Å²) in [6.07, 6.45) is 1.18. The number of aliphatic imine (C=N–C) groups is 1. The van der Waals surface area contributed by atoms with Gasteiger partial charge in [0.2, 0.25) is 5.56 Å². The number of H-pyrrole nitrogens is 1. The molecule has 2 aromatic rings. The van der Waals surface area contributed by atoms with E-state index in [-0.39, 0.29) is 5.56 Å². The number of nitrogens with zero attached hydrogens (tertiary/aromatic N) is 2. The molecule has 0 amide bonds. The van der Waals surface area contributed by atoms with Crippen LogP contribution in [0, 0.1) is 3.57 Å². The summed E-state index contributed by atoms with van der Waals surface area (Å²) in [7, 11) is 0. The van der Waals surface area contributed by atoms with Crippen LogP contribution in [0.2, 0.25) is 0 Å². The van der Waals surface area contributed by atoms with Gasteiger partial charge in [0, 0.05) is 11.5 Å². The first-order valence-electron chi connectivity index (χ1n) is 4.14. The summed E-state index contributed by atoms with van der Waals surface area (Å²) >= 11 is 2.12. The first kappa shape index (κ1) is 10.1. The molecule has 3 N–H and O–H groups in total. The number of pyridine rings is 2. The second-order valence-electron chi connectivity index (χ2n) is 2.83. The molecule has 0 atom stereocenters. The molecule has 2 rings (SSSR count). The molecule has 0 aliphatic carbocycles. The van der Waals surface area contributed by atoms with Crippen LogP contribution < -0.4 is 11.3 Å². The van der Waals surface area contributed by atoms with E-state index in [1.807, 2.05) is 6.07 Å². The van der Waals surface area contributed by atoms with Gasteiger partial charge in [0.1, 0.15) is 5.65 Å². The third kappa shape index (κ3) is 1.99. The molecule has 0 radical (unpaired) electrons. The monoisotopic (exact) mass is 314 g/mol. The number of fused-ring (bicyclic) bond motifs is 1. The van der Waals surface area contributed by atoms with E-state index in [1.165, 1.54) is 12.4 Å². The highest BCUT2D eigenvalue weighted by Gasteiger charge is 2.03. The van der Waals surface area contributed by atoms with Crippen LogP contribution in [0.4, 0.5) is 5.82 Å². The Morgan fingerprint density at radius 3 is 3.07 bits per heavy atom. The quantitative estimate of drug-likeness (QED) is 0.470. The third-order valence-electron chi connectivity index (χ3n) is 1.84. The molecule has 5 nitrogen and oxygen atoms in total. The van der Waals surface area contributed by atoms with Gasteiger partial charge in [-0.1, -0.05) is 0 Å². The first-order valence-corrected chi connectivity index (χ1v) is 5.22. The zero-order chi connectivity index (χ0) is 10.8. The molecule has 76 valence electrons. The average Bonchev–Trinajstić information content (AvgIpc) is 2.20. The van der Waals surface area contributed by atoms with Crippen molar-refractivity contribution in [2.24, 2.45) is 10.7 Å². The predicted octanol–water partition coefficient (Wildman–Crippen LogP) is 1.15. The van der Waals surface area contributed by atoms with Crippen LogP contribution in [0.25, 0.3) is 11.0 Å². The summed E-state index contributed by atoms with van der Waals surface area (Å²) in [5, 5.41) is 0.870. The number of hydrogen-bond acceptors (Lipinski definition) is 3. The van der Waals surface area contributed by atoms with Crippen LogP contribution in [-0.2, 0) is 0 Å². The van der Waals surface area contributed by atoms with Crippen molar-refractivity contribution in [3.8, 4) is 0 Å². The second kappa shape index (κ2) is 3.97. The Labute approximate surface area is 98.6 Å². The molecular weight excluding hydrogens is 307 g/mol. The fourth-order valence-electron chi connectivity index (χ4n) is 1.21. The van der Waals surface area contributed by atoms with Gasteiger partial charge in [-0.2, -0.15) is 0 Å². The minimum atomic E-state index is -0.182. The highest BCUT2D eigenvalue weighted by molar-refractivity contribution is 14.1. The lowest BCUT2D eigenvalue weighted by molar-refractivity contribution is 1.21. The fraction of sp³-hybridized carbons (Fsp3) is 0. The van der Waals surface area contributed by atoms with E-state index in [9.17, 15) is 4.79 Å². The van der Waals surface area contributed by atoms with Crippen molar-refractivity contribution < 1.29 is 0 Å². The van der Waals surface area contributed by atoms with Crippen molar-refractivity contribution in [1.29, 1.82) is 0 Å². The van der Waals surface area contributed by atoms with Gasteiger partial charge in [0.25, 0.3) is 0 Å². The Kier molecular flexibility index (Phi) is 2.67. The highest BCUT2D eigenvalue weighted by atomic mass is 127. The smallest absolute Gasteiger partial charge is 0.249 e. The Bertz CT molecular complexity index is 590. The minimum absolute atomic E-state index is 0.182. The molecule has 0 aliphatic heterocycles. The summed E-state index contributed by atoms with van der Waals surface area (Å²) in [5.74, 6) is 0.507. The van der Waals surface area contributed by atoms with Crippen molar-refractivity contribution >= 4 is 45.8 Å². The van der Waals surface area contributed by atoms with E-state index in [4.69, 9.17) is 5.73 Å². The van der Waals surface area contributed by atoms with Crippen LogP contribution in [0.1, 0.15) is 0 Å². The zero-order valence-corrected chi connectivity index (χ0v) is 9.72. The van der Waals surface area contributed by atoms with Crippen LogP contribution in [0.15, 0.2) is 28.0 Å². The van der Waals surface area contributed by atoms with Crippen LogP contribution >= 0.6 is 22.6 Å². The van der Waals surface area contributed by atoms with Gasteiger partial charge in [0.05, 0.1) is 9.91 Å². The van der Waals surface area contributed by atoms with Gasteiger partial charge in [-0.3, -0.25) is 4.79 Å². The van der Waals surface area contributed by atoms with Crippen LogP contribution in [-0.4, -0.2) is 16.3 Å². The lowest BCUT2D eigenvalue weighted by atomic mass is 10.3. The van der Waals surface area contributed by atoms with Crippen molar-refractivity contribution in [3.05, 3.63) is 32.1 Å². The SMILES string of the molecule is NC=Nc1nc2[nH]c(=O)ccc2cc1I. The van der Waals surface area contributed by atoms with E-state index < -0.39 is 0 Å². The molecule has 0 spiro atoms. The van der Waals surface area contributed by atoms with Crippen LogP contribution in [0.3, 0.4) is 0 Å². The van der Waals surface area contributed by atoms with Crippen LogP contribution in [0.5, 0.6) is 0 Å². The molecule has 0 bridgehead atoms. The lowest BCUT2D eigenvalue weighted by Gasteiger charge is -2.00. The molecule has 2 heterocycles. The molecule has 0 fully saturated rings. The topological polar surface area (TPSA) is 84.1 Å². The van der Waals surface area contributed by atoms with Gasteiger partial charge in [-0.25, -0.2) is 9.98 Å². The molecule has 0 saturated carbocycles. The maximum atomic E-state index is 11.1. The lowest BCUT2D eigenvalue weighted by Crippen LogP contribution is -2.03. The van der Waals surface area contributed by atoms with Gasteiger partial charge in [0.15, 0.2) is 5.82 Å². The number of rotatable bonds is 1. The van der Waals surface area contributed by atoms with Crippen molar-refractivity contribution in [2.45, 2.75) is 0 Å². The average molecular weight is 314 g/mol. The van der Waals surface area contributed by atoms with Gasteiger partial charge < -0.3 is 10.7 Å². The van der Waals surface area contributed by atoms with Crippen molar-refractivity contribution in [3.63, 3.8) is 0 Å². The molecule has 0 aliphatic rings. The first-order chi connectivity index (χ1) is 7.20. The number of nitrogens with one attached hydrogen (secondary N) is 1. The van der Waals surface area contributed by atoms with E-state index in [0.29, 0.717) is 11.5 Å². The van der Waals surface area contributed by atoms with Crippen molar-refractivity contribution in [2.75, 3.05) is 0 Å². The molecule has 15 heavy (non-hydrogen) atoms. The Balaban J connectivity index is 2.77. The molecule has 0 saturated heterocycles. The summed E-state index contributed by atoms with van der Waals surface area (Å²) in [5.41, 5.74) is 5.53. The van der Waals surface area contributed by atoms with Gasteiger partial charge in [-0.05, 0) is 34.7 Å². The summed E-state index contributed by atoms with van der Waals surface area (Å²) in [6, 6.07) is 5.08. The zero-order valence-electron chi connectivity index (χ0n) is 7.57. The number of halogens is 1. The number of aromatic amines is 1. The standard InChI is InChI=1S/C9H7IN4O/c10-6-3-5-1-2-7(15)13-8(5)14-9(6)12-4-11/h1-4H,(H3,11,12,13,14,15). The summed E-state index contributed by atoms with van der Waals surface area (Å²) in [6.45, 7) is 0. The van der Waals surface area contributed by atoms with Gasteiger partial charge >= 0.3 is 0 Å². The van der Waals surface area contributed by atoms with E-state index in [2.05, 4.69) is 37.6 Å². The van der Waals surface area contributed by atoms with E-state index in [1.54, 1.807) is 6.07 Å². The highest BCUT2D eigenvalue weighted by Crippen LogP contribution is 2.21. The number of aromatic nitrogens is 2. The summed E-state index contributed by atoms with van der Waals surface area (Å²) < 4.78 is 0.883. The Morgan fingerprint density at radius 2 is 2.33 bits per heavy atom. The van der Waals surface area contributed by atoms with Gasteiger partial charge in [-0.15, -0.1) is 0 Å². The molecule has 0 aromatic carbocycles. The second-order valence-corrected chi connectivity index (χ2v) is 3.99. The Morgan fingerprint density at radius 1 is 1.53 bits per heavy atom. The predicted molar refractivity (Wildman–Crippen MR) is 67.4 cm³/mol. The largest absolute Gasteiger partial charge is 0.390 e.